The van der Waals surface area contributed by atoms with Crippen molar-refractivity contribution in [2.75, 3.05) is 7.11 Å². The first-order valence-electron chi connectivity index (χ1n) is 9.74. The maximum Gasteiger partial charge on any atom is 0.143 e. The first-order chi connectivity index (χ1) is 14.7. The van der Waals surface area contributed by atoms with Crippen LogP contribution in [-0.4, -0.2) is 16.7 Å². The van der Waals surface area contributed by atoms with Crippen LogP contribution in [0.25, 0.3) is 38.6 Å². The van der Waals surface area contributed by atoms with Gasteiger partial charge in [0.25, 0.3) is 0 Å². The van der Waals surface area contributed by atoms with Gasteiger partial charge in [-0.3, -0.25) is 4.98 Å². The van der Waals surface area contributed by atoms with Gasteiger partial charge < -0.3 is 9.30 Å². The lowest BCUT2D eigenvalue weighted by atomic mass is 9.97. The first-order valence-corrected chi connectivity index (χ1v) is 9.74. The molecular formula is C26H19N3O. The van der Waals surface area contributed by atoms with Gasteiger partial charge in [0.2, 0.25) is 0 Å². The normalized spacial score (nSPS) is 11.0. The van der Waals surface area contributed by atoms with Crippen LogP contribution in [0.1, 0.15) is 11.1 Å². The molecule has 0 bridgehead atoms. The van der Waals surface area contributed by atoms with Crippen LogP contribution in [0.3, 0.4) is 0 Å². The minimum atomic E-state index is 0.648. The molecule has 0 spiro atoms. The SMILES string of the molecule is COc1cccc2c3ccccc3n(-c3cc(-c4ccncc4)c(C#N)cc3C)c12. The number of ether oxygens (including phenoxy) is 1. The quantitative estimate of drug-likeness (QED) is 0.378. The summed E-state index contributed by atoms with van der Waals surface area (Å²) in [6.07, 6.45) is 3.50. The molecule has 0 unspecified atom stereocenters. The summed E-state index contributed by atoms with van der Waals surface area (Å²) in [7, 11) is 1.70. The summed E-state index contributed by atoms with van der Waals surface area (Å²) >= 11 is 0. The second-order valence-electron chi connectivity index (χ2n) is 7.24. The molecule has 0 N–H and O–H groups in total. The van der Waals surface area contributed by atoms with E-state index in [1.54, 1.807) is 19.5 Å². The molecule has 2 heterocycles. The van der Waals surface area contributed by atoms with E-state index in [4.69, 9.17) is 4.74 Å². The molecule has 4 heteroatoms. The van der Waals surface area contributed by atoms with E-state index in [2.05, 4.69) is 46.0 Å². The van der Waals surface area contributed by atoms with Crippen LogP contribution < -0.4 is 4.74 Å². The third-order valence-corrected chi connectivity index (χ3v) is 5.57. The number of benzene rings is 3. The van der Waals surface area contributed by atoms with Gasteiger partial charge in [-0.1, -0.05) is 30.3 Å². The zero-order valence-electron chi connectivity index (χ0n) is 16.8. The van der Waals surface area contributed by atoms with Crippen molar-refractivity contribution in [3.8, 4) is 28.6 Å². The van der Waals surface area contributed by atoms with E-state index in [0.29, 0.717) is 5.56 Å². The Hall–Kier alpha value is -4.10. The Morgan fingerprint density at radius 3 is 2.47 bits per heavy atom. The molecule has 0 atom stereocenters. The Labute approximate surface area is 174 Å². The highest BCUT2D eigenvalue weighted by Gasteiger charge is 2.18. The van der Waals surface area contributed by atoms with Gasteiger partial charge in [0, 0.05) is 34.4 Å². The van der Waals surface area contributed by atoms with Crippen LogP contribution in [0.15, 0.2) is 79.1 Å². The highest BCUT2D eigenvalue weighted by molar-refractivity contribution is 6.11. The minimum Gasteiger partial charge on any atom is -0.495 e. The highest BCUT2D eigenvalue weighted by Crippen LogP contribution is 2.39. The fraction of sp³-hybridized carbons (Fsp3) is 0.0769. The first kappa shape index (κ1) is 18.0. The predicted molar refractivity (Wildman–Crippen MR) is 120 cm³/mol. The Bertz CT molecular complexity index is 1440. The predicted octanol–water partition coefficient (Wildman–Crippen LogP) is 6.03. The van der Waals surface area contributed by atoms with Gasteiger partial charge in [-0.05, 0) is 54.4 Å². The molecule has 0 amide bonds. The summed E-state index contributed by atoms with van der Waals surface area (Å²) in [5.41, 5.74) is 6.68. The van der Waals surface area contributed by atoms with Gasteiger partial charge in [0.1, 0.15) is 5.75 Å². The van der Waals surface area contributed by atoms with Crippen molar-refractivity contribution in [2.45, 2.75) is 6.92 Å². The Morgan fingerprint density at radius 2 is 1.70 bits per heavy atom. The minimum absolute atomic E-state index is 0.648. The molecule has 0 radical (unpaired) electrons. The molecule has 2 aromatic heterocycles. The van der Waals surface area contributed by atoms with E-state index >= 15 is 0 Å². The number of nitriles is 1. The number of aromatic nitrogens is 2. The van der Waals surface area contributed by atoms with E-state index in [-0.39, 0.29) is 0 Å². The number of nitrogens with zero attached hydrogens (tertiary/aromatic N) is 3. The summed E-state index contributed by atoms with van der Waals surface area (Å²) in [5.74, 6) is 0.818. The van der Waals surface area contributed by atoms with E-state index in [0.717, 1.165) is 44.5 Å². The van der Waals surface area contributed by atoms with Crippen molar-refractivity contribution >= 4 is 21.8 Å². The topological polar surface area (TPSA) is 50.8 Å². The van der Waals surface area contributed by atoms with Crippen LogP contribution in [0.4, 0.5) is 0 Å². The second-order valence-corrected chi connectivity index (χ2v) is 7.24. The molecule has 5 rings (SSSR count). The monoisotopic (exact) mass is 389 g/mol. The lowest BCUT2D eigenvalue weighted by Crippen LogP contribution is -2.00. The van der Waals surface area contributed by atoms with E-state index in [1.807, 2.05) is 43.3 Å². The number of fused-ring (bicyclic) bond motifs is 3. The number of methoxy groups -OCH3 is 1. The average molecular weight is 389 g/mol. The Morgan fingerprint density at radius 1 is 0.933 bits per heavy atom. The van der Waals surface area contributed by atoms with E-state index in [1.165, 1.54) is 5.39 Å². The standard InChI is InChI=1S/C26H19N3O/c1-17-14-19(16-27)22(18-10-12-28-13-11-18)15-24(17)29-23-8-4-3-6-20(23)21-7-5-9-25(30-2)26(21)29/h3-15H,1-2H3. The summed E-state index contributed by atoms with van der Waals surface area (Å²) in [6, 6.07) is 24.8. The molecule has 3 aromatic carbocycles. The number of hydrogen-bond acceptors (Lipinski definition) is 3. The van der Waals surface area contributed by atoms with Gasteiger partial charge in [-0.2, -0.15) is 5.26 Å². The number of para-hydroxylation sites is 2. The summed E-state index contributed by atoms with van der Waals surface area (Å²) < 4.78 is 7.98. The van der Waals surface area contributed by atoms with Crippen LogP contribution >= 0.6 is 0 Å². The van der Waals surface area contributed by atoms with Gasteiger partial charge in [0.15, 0.2) is 0 Å². The van der Waals surface area contributed by atoms with Crippen LogP contribution in [0, 0.1) is 18.3 Å². The fourth-order valence-corrected chi connectivity index (χ4v) is 4.20. The largest absolute Gasteiger partial charge is 0.495 e. The van der Waals surface area contributed by atoms with Crippen molar-refractivity contribution in [1.82, 2.24) is 9.55 Å². The van der Waals surface area contributed by atoms with Crippen LogP contribution in [0.5, 0.6) is 5.75 Å². The second kappa shape index (κ2) is 7.06. The van der Waals surface area contributed by atoms with Crippen molar-refractivity contribution in [3.63, 3.8) is 0 Å². The lowest BCUT2D eigenvalue weighted by Gasteiger charge is -2.16. The third kappa shape index (κ3) is 2.64. The molecule has 0 fully saturated rings. The molecule has 0 saturated carbocycles. The van der Waals surface area contributed by atoms with Crippen LogP contribution in [-0.2, 0) is 0 Å². The van der Waals surface area contributed by atoms with Crippen molar-refractivity contribution < 1.29 is 4.74 Å². The zero-order valence-corrected chi connectivity index (χ0v) is 16.8. The molecule has 30 heavy (non-hydrogen) atoms. The summed E-state index contributed by atoms with van der Waals surface area (Å²) in [5, 5.41) is 12.1. The molecule has 5 aromatic rings. The Kier molecular flexibility index (Phi) is 4.22. The number of rotatable bonds is 3. The smallest absolute Gasteiger partial charge is 0.143 e. The Balaban J connectivity index is 1.93. The number of aryl methyl sites for hydroxylation is 1. The fourth-order valence-electron chi connectivity index (χ4n) is 4.20. The number of pyridine rings is 1. The number of hydrogen-bond donors (Lipinski definition) is 0. The maximum absolute atomic E-state index is 9.76. The van der Waals surface area contributed by atoms with Crippen molar-refractivity contribution in [3.05, 3.63) is 90.3 Å². The van der Waals surface area contributed by atoms with Crippen LogP contribution in [0.2, 0.25) is 0 Å². The van der Waals surface area contributed by atoms with Crippen molar-refractivity contribution in [2.24, 2.45) is 0 Å². The molecule has 0 saturated heterocycles. The summed E-state index contributed by atoms with van der Waals surface area (Å²) in [4.78, 5) is 4.12. The molecule has 144 valence electrons. The maximum atomic E-state index is 9.76. The molecule has 0 aliphatic carbocycles. The molecule has 4 nitrogen and oxygen atoms in total. The van der Waals surface area contributed by atoms with Crippen molar-refractivity contribution in [1.29, 1.82) is 5.26 Å². The molecule has 0 aliphatic heterocycles. The van der Waals surface area contributed by atoms with Gasteiger partial charge in [-0.15, -0.1) is 0 Å². The third-order valence-electron chi connectivity index (χ3n) is 5.57. The highest BCUT2D eigenvalue weighted by atomic mass is 16.5. The van der Waals surface area contributed by atoms with Gasteiger partial charge in [0.05, 0.1) is 29.8 Å². The average Bonchev–Trinajstić information content (AvgIpc) is 3.14. The lowest BCUT2D eigenvalue weighted by molar-refractivity contribution is 0.418. The molecule has 0 aliphatic rings. The van der Waals surface area contributed by atoms with Gasteiger partial charge >= 0.3 is 0 Å². The zero-order chi connectivity index (χ0) is 20.7. The van der Waals surface area contributed by atoms with Gasteiger partial charge in [-0.25, -0.2) is 0 Å². The van der Waals surface area contributed by atoms with E-state index < -0.39 is 0 Å². The summed E-state index contributed by atoms with van der Waals surface area (Å²) in [6.45, 7) is 2.04. The van der Waals surface area contributed by atoms with E-state index in [9.17, 15) is 5.26 Å². The molecular weight excluding hydrogens is 370 g/mol.